The van der Waals surface area contributed by atoms with E-state index in [1.165, 1.54) is 77.0 Å². The van der Waals surface area contributed by atoms with Crippen LogP contribution in [0.15, 0.2) is 0 Å². The Morgan fingerprint density at radius 3 is 1.91 bits per heavy atom. The molecule has 0 aliphatic carbocycles. The topological polar surface area (TPSA) is 63.3 Å². The number of hydrogen-bond acceptors (Lipinski definition) is 2. The third-order valence-corrected chi connectivity index (χ3v) is 9.20. The molecule has 0 heterocycles. The largest absolute Gasteiger partial charge is 0.481 e. The van der Waals surface area contributed by atoms with E-state index in [2.05, 4.69) is 41.5 Å². The summed E-state index contributed by atoms with van der Waals surface area (Å²) in [5.74, 6) is 1.73. The van der Waals surface area contributed by atoms with Gasteiger partial charge in [0.1, 0.15) is 0 Å². The highest BCUT2D eigenvalue weighted by molar-refractivity contribution is 5.69. The maximum Gasteiger partial charge on any atom is 0.306 e. The fourth-order valence-electron chi connectivity index (χ4n) is 5.56. The third kappa shape index (κ3) is 13.8. The molecule has 0 aromatic rings. The van der Waals surface area contributed by atoms with Crippen LogP contribution in [0.3, 0.4) is 0 Å². The lowest BCUT2D eigenvalue weighted by molar-refractivity contribution is -0.143. The zero-order chi connectivity index (χ0) is 25.3. The molecule has 0 aliphatic heterocycles. The van der Waals surface area contributed by atoms with Crippen molar-refractivity contribution in [2.75, 3.05) is 6.54 Å². The number of carbonyl (C=O) groups is 1. The molecule has 0 saturated heterocycles. The summed E-state index contributed by atoms with van der Waals surface area (Å²) in [4.78, 5) is 11.3. The zero-order valence-electron chi connectivity index (χ0n) is 23.6. The molecule has 0 saturated carbocycles. The normalized spacial score (nSPS) is 18.3. The third-order valence-electron chi connectivity index (χ3n) is 9.20. The fraction of sp³-hybridized carbons (Fsp3) is 0.967. The van der Waals surface area contributed by atoms with E-state index in [0.717, 1.165) is 37.6 Å². The monoisotopic (exact) mass is 467 g/mol. The summed E-state index contributed by atoms with van der Waals surface area (Å²) in [6, 6.07) is 0. The van der Waals surface area contributed by atoms with Gasteiger partial charge in [0.05, 0.1) is 5.92 Å². The molecule has 0 aromatic carbocycles. The summed E-state index contributed by atoms with van der Waals surface area (Å²) in [6.07, 6.45) is 19.1. The minimum Gasteiger partial charge on any atom is -0.481 e. The van der Waals surface area contributed by atoms with Crippen LogP contribution in [0.5, 0.6) is 0 Å². The van der Waals surface area contributed by atoms with E-state index in [1.807, 2.05) is 6.92 Å². The zero-order valence-corrected chi connectivity index (χ0v) is 23.6. The number of aliphatic carboxylic acids is 1. The van der Waals surface area contributed by atoms with Crippen molar-refractivity contribution >= 4 is 5.97 Å². The van der Waals surface area contributed by atoms with Crippen molar-refractivity contribution in [3.8, 4) is 0 Å². The standard InChI is InChI=1S/C30H61NO2/c1-8-27(23-28(9-2)26(6)29(32)33)18-16-14-12-11-13-15-17-25(5)30(7,10-3)21-19-24(4)20-22-31/h24-28H,8-23,31H2,1-7H3,(H,32,33). The second-order valence-corrected chi connectivity index (χ2v) is 11.6. The highest BCUT2D eigenvalue weighted by atomic mass is 16.4. The summed E-state index contributed by atoms with van der Waals surface area (Å²) in [5.41, 5.74) is 6.21. The maximum atomic E-state index is 11.3. The molecule has 0 spiro atoms. The lowest BCUT2D eigenvalue weighted by Gasteiger charge is -2.36. The summed E-state index contributed by atoms with van der Waals surface area (Å²) in [6.45, 7) is 16.8. The Morgan fingerprint density at radius 2 is 1.42 bits per heavy atom. The van der Waals surface area contributed by atoms with Crippen LogP contribution in [0.1, 0.15) is 145 Å². The van der Waals surface area contributed by atoms with Crippen LogP contribution in [0.25, 0.3) is 0 Å². The van der Waals surface area contributed by atoms with Crippen molar-refractivity contribution in [1.29, 1.82) is 0 Å². The molecule has 6 atom stereocenters. The minimum atomic E-state index is -0.633. The SMILES string of the molecule is CCC(CCCCCCCCC(C)C(C)(CC)CCC(C)CCN)CC(CC)C(C)C(=O)O. The first-order valence-electron chi connectivity index (χ1n) is 14.6. The Balaban J connectivity index is 4.07. The Kier molecular flexibility index (Phi) is 18.4. The van der Waals surface area contributed by atoms with Gasteiger partial charge < -0.3 is 10.8 Å². The molecule has 33 heavy (non-hydrogen) atoms. The van der Waals surface area contributed by atoms with Crippen molar-refractivity contribution < 1.29 is 9.90 Å². The van der Waals surface area contributed by atoms with Gasteiger partial charge in [-0.15, -0.1) is 0 Å². The summed E-state index contributed by atoms with van der Waals surface area (Å²) in [5, 5.41) is 9.34. The number of hydrogen-bond donors (Lipinski definition) is 2. The molecule has 6 unspecified atom stereocenters. The first-order chi connectivity index (χ1) is 15.6. The predicted octanol–water partition coefficient (Wildman–Crippen LogP) is 9.09. The van der Waals surface area contributed by atoms with Gasteiger partial charge >= 0.3 is 5.97 Å². The second-order valence-electron chi connectivity index (χ2n) is 11.6. The molecular weight excluding hydrogens is 406 g/mol. The molecule has 3 N–H and O–H groups in total. The molecule has 0 fully saturated rings. The summed E-state index contributed by atoms with van der Waals surface area (Å²) < 4.78 is 0. The van der Waals surface area contributed by atoms with Gasteiger partial charge in [-0.3, -0.25) is 4.79 Å². The number of carboxylic acid groups (broad SMARTS) is 1. The van der Waals surface area contributed by atoms with E-state index in [0.29, 0.717) is 17.3 Å². The molecule has 0 amide bonds. The van der Waals surface area contributed by atoms with Crippen LogP contribution < -0.4 is 5.73 Å². The summed E-state index contributed by atoms with van der Waals surface area (Å²) >= 11 is 0. The van der Waals surface area contributed by atoms with Gasteiger partial charge in [-0.05, 0) is 54.9 Å². The van der Waals surface area contributed by atoms with Crippen LogP contribution in [0.4, 0.5) is 0 Å². The first kappa shape index (κ1) is 32.4. The van der Waals surface area contributed by atoms with Crippen molar-refractivity contribution in [3.05, 3.63) is 0 Å². The van der Waals surface area contributed by atoms with Gasteiger partial charge in [-0.1, -0.05) is 126 Å². The van der Waals surface area contributed by atoms with Crippen molar-refractivity contribution in [3.63, 3.8) is 0 Å². The van der Waals surface area contributed by atoms with Crippen molar-refractivity contribution in [1.82, 2.24) is 0 Å². The van der Waals surface area contributed by atoms with Crippen LogP contribution in [0.2, 0.25) is 0 Å². The molecule has 3 heteroatoms. The molecule has 0 aromatic heterocycles. The number of nitrogens with two attached hydrogens (primary N) is 1. The Labute approximate surface area is 208 Å². The Morgan fingerprint density at radius 1 is 0.848 bits per heavy atom. The highest BCUT2D eigenvalue weighted by Crippen LogP contribution is 2.40. The lowest BCUT2D eigenvalue weighted by atomic mass is 9.69. The lowest BCUT2D eigenvalue weighted by Crippen LogP contribution is -2.25. The number of rotatable bonds is 22. The highest BCUT2D eigenvalue weighted by Gasteiger charge is 2.29. The average Bonchev–Trinajstić information content (AvgIpc) is 2.80. The van der Waals surface area contributed by atoms with E-state index in [1.54, 1.807) is 0 Å². The van der Waals surface area contributed by atoms with Gasteiger partial charge in [0.2, 0.25) is 0 Å². The van der Waals surface area contributed by atoms with E-state index in [9.17, 15) is 9.90 Å². The fourth-order valence-corrected chi connectivity index (χ4v) is 5.56. The molecule has 3 nitrogen and oxygen atoms in total. The van der Waals surface area contributed by atoms with Gasteiger partial charge in [0.15, 0.2) is 0 Å². The number of unbranched alkanes of at least 4 members (excludes halogenated alkanes) is 5. The Hall–Kier alpha value is -0.570. The quantitative estimate of drug-likeness (QED) is 0.156. The van der Waals surface area contributed by atoms with Crippen LogP contribution >= 0.6 is 0 Å². The van der Waals surface area contributed by atoms with Crippen LogP contribution in [0, 0.1) is 35.0 Å². The van der Waals surface area contributed by atoms with E-state index in [-0.39, 0.29) is 5.92 Å². The van der Waals surface area contributed by atoms with E-state index < -0.39 is 5.97 Å². The van der Waals surface area contributed by atoms with Gasteiger partial charge in [0, 0.05) is 0 Å². The summed E-state index contributed by atoms with van der Waals surface area (Å²) in [7, 11) is 0. The van der Waals surface area contributed by atoms with Crippen molar-refractivity contribution in [2.24, 2.45) is 40.7 Å². The smallest absolute Gasteiger partial charge is 0.306 e. The van der Waals surface area contributed by atoms with Crippen LogP contribution in [-0.4, -0.2) is 17.6 Å². The van der Waals surface area contributed by atoms with E-state index >= 15 is 0 Å². The molecular formula is C30H61NO2. The molecule has 0 bridgehead atoms. The first-order valence-corrected chi connectivity index (χ1v) is 14.6. The van der Waals surface area contributed by atoms with Crippen LogP contribution in [-0.2, 0) is 4.79 Å². The second kappa shape index (κ2) is 18.7. The molecule has 0 aliphatic rings. The minimum absolute atomic E-state index is 0.213. The molecule has 0 rings (SSSR count). The van der Waals surface area contributed by atoms with Gasteiger partial charge in [0.25, 0.3) is 0 Å². The molecule has 198 valence electrons. The average molecular weight is 468 g/mol. The van der Waals surface area contributed by atoms with Gasteiger partial charge in [-0.25, -0.2) is 0 Å². The van der Waals surface area contributed by atoms with Gasteiger partial charge in [-0.2, -0.15) is 0 Å². The number of carboxylic acids is 1. The van der Waals surface area contributed by atoms with E-state index in [4.69, 9.17) is 5.73 Å². The molecule has 0 radical (unpaired) electrons. The van der Waals surface area contributed by atoms with Crippen molar-refractivity contribution in [2.45, 2.75) is 145 Å². The maximum absolute atomic E-state index is 11.3. The predicted molar refractivity (Wildman–Crippen MR) is 146 cm³/mol. The Bertz CT molecular complexity index is 480.